The Hall–Kier alpha value is -3.14. The van der Waals surface area contributed by atoms with E-state index in [1.165, 1.54) is 0 Å². The molecule has 3 aromatic rings. The molecule has 4 heterocycles. The maximum absolute atomic E-state index is 13.3. The number of nitrogens with one attached hydrogen (secondary N) is 1. The first-order valence-corrected chi connectivity index (χ1v) is 12.7. The van der Waals surface area contributed by atoms with Crippen LogP contribution in [0.2, 0.25) is 0 Å². The average Bonchev–Trinajstić information content (AvgIpc) is 3.46. The summed E-state index contributed by atoms with van der Waals surface area (Å²) in [7, 11) is 1.77. The summed E-state index contributed by atoms with van der Waals surface area (Å²) in [5.74, 6) is -0.607. The number of anilines is 1. The minimum Gasteiger partial charge on any atom is -0.371 e. The Morgan fingerprint density at radius 1 is 1.00 bits per heavy atom. The molecule has 3 fully saturated rings. The Balaban J connectivity index is 1.17. The van der Waals surface area contributed by atoms with Crippen molar-refractivity contribution in [1.29, 1.82) is 0 Å². The number of ether oxygens (including phenoxy) is 3. The van der Waals surface area contributed by atoms with E-state index in [2.05, 4.69) is 10.2 Å². The molecule has 1 amide bonds. The lowest BCUT2D eigenvalue weighted by Crippen LogP contribution is -2.47. The number of amides is 1. The summed E-state index contributed by atoms with van der Waals surface area (Å²) < 4.78 is 20.9. The van der Waals surface area contributed by atoms with Crippen LogP contribution in [0.1, 0.15) is 37.3 Å². The molecule has 3 aliphatic heterocycles. The van der Waals surface area contributed by atoms with E-state index < -0.39 is 11.8 Å². The van der Waals surface area contributed by atoms with Crippen molar-refractivity contribution in [3.8, 4) is 0 Å². The van der Waals surface area contributed by atoms with E-state index in [9.17, 15) is 9.59 Å². The number of carbonyl (C=O) groups is 1. The van der Waals surface area contributed by atoms with E-state index in [0.29, 0.717) is 32.7 Å². The zero-order valence-corrected chi connectivity index (χ0v) is 20.5. The van der Waals surface area contributed by atoms with Gasteiger partial charge in [0.1, 0.15) is 12.3 Å². The van der Waals surface area contributed by atoms with Gasteiger partial charge in [-0.05, 0) is 36.6 Å². The second-order valence-electron chi connectivity index (χ2n) is 9.87. The largest absolute Gasteiger partial charge is 0.371 e. The van der Waals surface area contributed by atoms with Crippen LogP contribution in [0.15, 0.2) is 53.3 Å². The summed E-state index contributed by atoms with van der Waals surface area (Å²) in [5, 5.41) is 2.96. The zero-order valence-electron chi connectivity index (χ0n) is 20.5. The first-order chi connectivity index (χ1) is 17.5. The van der Waals surface area contributed by atoms with E-state index in [1.54, 1.807) is 16.2 Å². The summed E-state index contributed by atoms with van der Waals surface area (Å²) in [6.07, 6.45) is 2.47. The summed E-state index contributed by atoms with van der Waals surface area (Å²) in [4.78, 5) is 28.6. The third-order valence-electron chi connectivity index (χ3n) is 7.69. The van der Waals surface area contributed by atoms with Crippen molar-refractivity contribution in [3.05, 3.63) is 64.6 Å². The molecule has 9 nitrogen and oxygen atoms in total. The van der Waals surface area contributed by atoms with Gasteiger partial charge in [0.05, 0.1) is 30.9 Å². The first kappa shape index (κ1) is 23.3. The highest BCUT2D eigenvalue weighted by atomic mass is 16.7. The van der Waals surface area contributed by atoms with E-state index in [4.69, 9.17) is 14.2 Å². The number of fused-ring (bicyclic) bond motifs is 1. The van der Waals surface area contributed by atoms with Crippen LogP contribution in [0, 0.1) is 0 Å². The molecule has 0 saturated carbocycles. The first-order valence-electron chi connectivity index (χ1n) is 12.7. The van der Waals surface area contributed by atoms with Crippen LogP contribution in [0.4, 0.5) is 5.69 Å². The molecule has 0 radical (unpaired) electrons. The Labute approximate surface area is 209 Å². The minimum absolute atomic E-state index is 0.184. The van der Waals surface area contributed by atoms with Crippen LogP contribution in [0.3, 0.4) is 0 Å². The van der Waals surface area contributed by atoms with Crippen molar-refractivity contribution in [1.82, 2.24) is 14.5 Å². The highest BCUT2D eigenvalue weighted by Crippen LogP contribution is 2.34. The van der Waals surface area contributed by atoms with E-state index in [-0.39, 0.29) is 17.8 Å². The molecule has 190 valence electrons. The lowest BCUT2D eigenvalue weighted by molar-refractivity contribution is -0.169. The molecule has 1 N–H and O–H groups in total. The predicted octanol–water partition coefficient (Wildman–Crippen LogP) is 2.68. The number of hydrogen-bond acceptors (Lipinski definition) is 6. The number of hydrogen-bond donors (Lipinski definition) is 1. The normalized spacial score (nSPS) is 23.9. The molecule has 3 saturated heterocycles. The number of aromatic nitrogens is 2. The van der Waals surface area contributed by atoms with Crippen molar-refractivity contribution in [2.45, 2.75) is 50.3 Å². The van der Waals surface area contributed by atoms with Crippen LogP contribution in [-0.4, -0.2) is 53.4 Å². The quantitative estimate of drug-likeness (QED) is 0.590. The smallest absolute Gasteiger partial charge is 0.329 e. The third-order valence-corrected chi connectivity index (χ3v) is 7.69. The van der Waals surface area contributed by atoms with Gasteiger partial charge in [-0.2, -0.15) is 0 Å². The Morgan fingerprint density at radius 3 is 2.47 bits per heavy atom. The fourth-order valence-electron chi connectivity index (χ4n) is 5.65. The van der Waals surface area contributed by atoms with Crippen molar-refractivity contribution in [3.63, 3.8) is 0 Å². The highest BCUT2D eigenvalue weighted by Gasteiger charge is 2.40. The fourth-order valence-corrected chi connectivity index (χ4v) is 5.65. The summed E-state index contributed by atoms with van der Waals surface area (Å²) in [6.45, 7) is 3.42. The number of rotatable bonds is 5. The van der Waals surface area contributed by atoms with Gasteiger partial charge in [0, 0.05) is 38.7 Å². The molecule has 2 aromatic carbocycles. The maximum atomic E-state index is 13.3. The third kappa shape index (κ3) is 4.21. The molecule has 3 aliphatic rings. The van der Waals surface area contributed by atoms with Crippen LogP contribution in [-0.2, 0) is 32.7 Å². The Bertz CT molecular complexity index is 1300. The summed E-state index contributed by atoms with van der Waals surface area (Å²) in [6, 6.07) is 15.4. The number of aryl methyl sites for hydroxylation is 1. The highest BCUT2D eigenvalue weighted by molar-refractivity contribution is 5.86. The van der Waals surface area contributed by atoms with Crippen molar-refractivity contribution in [2.24, 2.45) is 7.05 Å². The molecule has 0 bridgehead atoms. The second-order valence-corrected chi connectivity index (χ2v) is 9.87. The molecular formula is C27H32N4O5. The molecule has 9 heteroatoms. The fraction of sp³-hybridized carbons (Fsp3) is 0.481. The van der Waals surface area contributed by atoms with Crippen LogP contribution in [0.5, 0.6) is 0 Å². The molecular weight excluding hydrogens is 460 g/mol. The molecule has 0 aliphatic carbocycles. The monoisotopic (exact) mass is 492 g/mol. The van der Waals surface area contributed by atoms with Crippen molar-refractivity contribution in [2.75, 3.05) is 31.2 Å². The van der Waals surface area contributed by atoms with Gasteiger partial charge in [0.15, 0.2) is 5.79 Å². The number of imidazole rings is 1. The lowest BCUT2D eigenvalue weighted by atomic mass is 10.0. The molecule has 2 unspecified atom stereocenters. The average molecular weight is 493 g/mol. The number of benzene rings is 2. The SMILES string of the molecule is Cn1c(=O)n(C2CCC(OCc3ccccc3)NC2=O)c2ccc(N3CCC4(CC3)OCCO4)cc21. The van der Waals surface area contributed by atoms with Gasteiger partial charge in [0.2, 0.25) is 5.91 Å². The molecule has 6 rings (SSSR count). The van der Waals surface area contributed by atoms with Gasteiger partial charge in [-0.15, -0.1) is 0 Å². The Morgan fingerprint density at radius 2 is 1.75 bits per heavy atom. The minimum atomic E-state index is -0.560. The van der Waals surface area contributed by atoms with Crippen LogP contribution >= 0.6 is 0 Å². The topological polar surface area (TPSA) is 87.0 Å². The predicted molar refractivity (Wildman–Crippen MR) is 135 cm³/mol. The molecule has 36 heavy (non-hydrogen) atoms. The standard InChI is InChI=1S/C27H32N4O5/c1-29-23-17-20(30-13-11-27(12-14-30)35-15-16-36-27)7-8-21(23)31(26(29)33)22-9-10-24(28-25(22)32)34-18-19-5-3-2-4-6-19/h2-8,17,22,24H,9-16,18H2,1H3,(H,28,32). The van der Waals surface area contributed by atoms with Gasteiger partial charge in [-0.25, -0.2) is 4.79 Å². The van der Waals surface area contributed by atoms with Crippen molar-refractivity contribution >= 4 is 22.6 Å². The van der Waals surface area contributed by atoms with Gasteiger partial charge in [-0.3, -0.25) is 13.9 Å². The van der Waals surface area contributed by atoms with Gasteiger partial charge in [0.25, 0.3) is 0 Å². The molecule has 1 spiro atoms. The van der Waals surface area contributed by atoms with E-state index in [0.717, 1.165) is 48.2 Å². The molecule has 1 aromatic heterocycles. The van der Waals surface area contributed by atoms with E-state index >= 15 is 0 Å². The summed E-state index contributed by atoms with van der Waals surface area (Å²) >= 11 is 0. The Kier molecular flexibility index (Phi) is 6.07. The van der Waals surface area contributed by atoms with Crippen LogP contribution < -0.4 is 15.9 Å². The van der Waals surface area contributed by atoms with Gasteiger partial charge < -0.3 is 24.4 Å². The number of carbonyl (C=O) groups excluding carboxylic acids is 1. The van der Waals surface area contributed by atoms with Gasteiger partial charge >= 0.3 is 5.69 Å². The van der Waals surface area contributed by atoms with Crippen molar-refractivity contribution < 1.29 is 19.0 Å². The molecule has 2 atom stereocenters. The summed E-state index contributed by atoms with van der Waals surface area (Å²) in [5.41, 5.74) is 3.52. The number of piperidine rings is 2. The lowest BCUT2D eigenvalue weighted by Gasteiger charge is -2.38. The van der Waals surface area contributed by atoms with Crippen LogP contribution in [0.25, 0.3) is 11.0 Å². The zero-order chi connectivity index (χ0) is 24.7. The second kappa shape index (κ2) is 9.38. The maximum Gasteiger partial charge on any atom is 0.329 e. The van der Waals surface area contributed by atoms with E-state index in [1.807, 2.05) is 48.5 Å². The number of nitrogens with zero attached hydrogens (tertiary/aromatic N) is 3. The van der Waals surface area contributed by atoms with Gasteiger partial charge in [-0.1, -0.05) is 30.3 Å².